The largest absolute Gasteiger partial charge is 0.385 e. The number of nitrogens with zero attached hydrogens (tertiary/aromatic N) is 3. The van der Waals surface area contributed by atoms with Crippen molar-refractivity contribution in [2.75, 3.05) is 19.5 Å². The third kappa shape index (κ3) is 2.68. The molecule has 0 aromatic carbocycles. The predicted octanol–water partition coefficient (Wildman–Crippen LogP) is 1.87. The molecule has 0 aliphatic heterocycles. The van der Waals surface area contributed by atoms with Crippen molar-refractivity contribution in [2.45, 2.75) is 19.9 Å². The van der Waals surface area contributed by atoms with Crippen molar-refractivity contribution in [3.63, 3.8) is 0 Å². The number of anilines is 1. The molecule has 0 spiro atoms. The SMILES string of the molecule is COCCCn1nccc1-c1ccc(N)nc1C. The van der Waals surface area contributed by atoms with Crippen molar-refractivity contribution < 1.29 is 4.74 Å². The van der Waals surface area contributed by atoms with E-state index in [0.29, 0.717) is 5.82 Å². The first-order valence-corrected chi connectivity index (χ1v) is 5.96. The lowest BCUT2D eigenvalue weighted by Crippen LogP contribution is -2.06. The zero-order chi connectivity index (χ0) is 13.0. The second kappa shape index (κ2) is 5.64. The third-order valence-corrected chi connectivity index (χ3v) is 2.82. The summed E-state index contributed by atoms with van der Waals surface area (Å²) >= 11 is 0. The van der Waals surface area contributed by atoms with Crippen molar-refractivity contribution in [3.05, 3.63) is 30.1 Å². The molecule has 18 heavy (non-hydrogen) atoms. The van der Waals surface area contributed by atoms with Crippen molar-refractivity contribution >= 4 is 5.82 Å². The molecular formula is C13H18N4O. The maximum Gasteiger partial charge on any atom is 0.123 e. The van der Waals surface area contributed by atoms with E-state index in [0.717, 1.165) is 36.5 Å². The van der Waals surface area contributed by atoms with Gasteiger partial charge in [0.1, 0.15) is 5.82 Å². The van der Waals surface area contributed by atoms with Gasteiger partial charge in [0.15, 0.2) is 0 Å². The van der Waals surface area contributed by atoms with Crippen molar-refractivity contribution in [3.8, 4) is 11.3 Å². The molecule has 2 N–H and O–H groups in total. The van der Waals surface area contributed by atoms with Gasteiger partial charge in [-0.05, 0) is 31.5 Å². The summed E-state index contributed by atoms with van der Waals surface area (Å²) in [5.41, 5.74) is 8.72. The fourth-order valence-corrected chi connectivity index (χ4v) is 1.95. The van der Waals surface area contributed by atoms with Gasteiger partial charge in [-0.25, -0.2) is 4.98 Å². The maximum atomic E-state index is 5.67. The maximum absolute atomic E-state index is 5.67. The number of hydrogen-bond donors (Lipinski definition) is 1. The molecule has 2 rings (SSSR count). The Bertz CT molecular complexity index is 521. The van der Waals surface area contributed by atoms with E-state index in [1.165, 1.54) is 0 Å². The third-order valence-electron chi connectivity index (χ3n) is 2.82. The number of rotatable bonds is 5. The average Bonchev–Trinajstić information content (AvgIpc) is 2.78. The summed E-state index contributed by atoms with van der Waals surface area (Å²) < 4.78 is 7.03. The molecule has 5 nitrogen and oxygen atoms in total. The first-order chi connectivity index (χ1) is 8.72. The van der Waals surface area contributed by atoms with Gasteiger partial charge in [0.05, 0.1) is 5.69 Å². The molecule has 96 valence electrons. The smallest absolute Gasteiger partial charge is 0.123 e. The Kier molecular flexibility index (Phi) is 3.94. The normalized spacial score (nSPS) is 10.8. The van der Waals surface area contributed by atoms with Crippen molar-refractivity contribution in [1.82, 2.24) is 14.8 Å². The lowest BCUT2D eigenvalue weighted by molar-refractivity contribution is 0.189. The van der Waals surface area contributed by atoms with Gasteiger partial charge in [-0.1, -0.05) is 0 Å². The van der Waals surface area contributed by atoms with E-state index in [1.54, 1.807) is 13.3 Å². The highest BCUT2D eigenvalue weighted by molar-refractivity contribution is 5.63. The zero-order valence-electron chi connectivity index (χ0n) is 10.8. The second-order valence-electron chi connectivity index (χ2n) is 4.16. The fourth-order valence-electron chi connectivity index (χ4n) is 1.95. The summed E-state index contributed by atoms with van der Waals surface area (Å²) in [5, 5.41) is 4.33. The summed E-state index contributed by atoms with van der Waals surface area (Å²) in [6.07, 6.45) is 2.74. The van der Waals surface area contributed by atoms with E-state index in [-0.39, 0.29) is 0 Å². The predicted molar refractivity (Wildman–Crippen MR) is 71.1 cm³/mol. The Balaban J connectivity index is 2.25. The van der Waals surface area contributed by atoms with Gasteiger partial charge in [0.2, 0.25) is 0 Å². The number of aryl methyl sites for hydroxylation is 2. The molecule has 0 bridgehead atoms. The Morgan fingerprint density at radius 1 is 1.33 bits per heavy atom. The van der Waals surface area contributed by atoms with E-state index in [9.17, 15) is 0 Å². The molecule has 0 unspecified atom stereocenters. The molecule has 0 fully saturated rings. The molecule has 0 aliphatic carbocycles. The van der Waals surface area contributed by atoms with E-state index in [4.69, 9.17) is 10.5 Å². The van der Waals surface area contributed by atoms with Gasteiger partial charge >= 0.3 is 0 Å². The van der Waals surface area contributed by atoms with Crippen LogP contribution in [0.2, 0.25) is 0 Å². The monoisotopic (exact) mass is 246 g/mol. The standard InChI is InChI=1S/C13H18N4O/c1-10-11(4-5-13(14)16-10)12-6-7-15-17(12)8-3-9-18-2/h4-7H,3,8-9H2,1-2H3,(H2,14,16). The summed E-state index contributed by atoms with van der Waals surface area (Å²) in [4.78, 5) is 4.28. The van der Waals surface area contributed by atoms with Gasteiger partial charge in [-0.15, -0.1) is 0 Å². The second-order valence-corrected chi connectivity index (χ2v) is 4.16. The van der Waals surface area contributed by atoms with Crippen LogP contribution >= 0.6 is 0 Å². The first-order valence-electron chi connectivity index (χ1n) is 5.96. The lowest BCUT2D eigenvalue weighted by Gasteiger charge is -2.09. The number of pyridine rings is 1. The number of ether oxygens (including phenoxy) is 1. The van der Waals surface area contributed by atoms with Gasteiger partial charge in [-0.3, -0.25) is 4.68 Å². The van der Waals surface area contributed by atoms with Crippen LogP contribution in [0, 0.1) is 6.92 Å². The topological polar surface area (TPSA) is 66.0 Å². The molecule has 2 aromatic rings. The molecule has 5 heteroatoms. The number of hydrogen-bond acceptors (Lipinski definition) is 4. The van der Waals surface area contributed by atoms with Crippen molar-refractivity contribution in [2.24, 2.45) is 0 Å². The van der Waals surface area contributed by atoms with E-state index >= 15 is 0 Å². The molecule has 0 radical (unpaired) electrons. The molecule has 2 aromatic heterocycles. The Morgan fingerprint density at radius 2 is 2.17 bits per heavy atom. The summed E-state index contributed by atoms with van der Waals surface area (Å²) in [5.74, 6) is 0.543. The quantitative estimate of drug-likeness (QED) is 0.818. The lowest BCUT2D eigenvalue weighted by atomic mass is 10.1. The van der Waals surface area contributed by atoms with Crippen LogP contribution in [0.5, 0.6) is 0 Å². The van der Waals surface area contributed by atoms with Crippen LogP contribution in [0.25, 0.3) is 11.3 Å². The minimum atomic E-state index is 0.543. The highest BCUT2D eigenvalue weighted by Crippen LogP contribution is 2.22. The van der Waals surface area contributed by atoms with E-state index in [2.05, 4.69) is 10.1 Å². The van der Waals surface area contributed by atoms with Crippen LogP contribution in [0.3, 0.4) is 0 Å². The number of nitrogen functional groups attached to an aromatic ring is 1. The van der Waals surface area contributed by atoms with Crippen LogP contribution < -0.4 is 5.73 Å². The van der Waals surface area contributed by atoms with Crippen LogP contribution in [0.4, 0.5) is 5.82 Å². The van der Waals surface area contributed by atoms with Crippen LogP contribution in [-0.4, -0.2) is 28.5 Å². The molecule has 0 saturated heterocycles. The van der Waals surface area contributed by atoms with Crippen LogP contribution in [0.1, 0.15) is 12.1 Å². The molecule has 0 aliphatic rings. The van der Waals surface area contributed by atoms with Gasteiger partial charge in [0, 0.05) is 37.7 Å². The van der Waals surface area contributed by atoms with Gasteiger partial charge < -0.3 is 10.5 Å². The number of nitrogens with two attached hydrogens (primary N) is 1. The molecular weight excluding hydrogens is 228 g/mol. The Labute approximate surface area is 107 Å². The fraction of sp³-hybridized carbons (Fsp3) is 0.385. The van der Waals surface area contributed by atoms with Gasteiger partial charge in [0.25, 0.3) is 0 Å². The molecule has 2 heterocycles. The zero-order valence-corrected chi connectivity index (χ0v) is 10.8. The number of methoxy groups -OCH3 is 1. The van der Waals surface area contributed by atoms with Crippen molar-refractivity contribution in [1.29, 1.82) is 0 Å². The Hall–Kier alpha value is -1.88. The highest BCUT2D eigenvalue weighted by Gasteiger charge is 2.09. The van der Waals surface area contributed by atoms with E-state index < -0.39 is 0 Å². The first kappa shape index (κ1) is 12.6. The summed E-state index contributed by atoms with van der Waals surface area (Å²) in [6.45, 7) is 3.52. The minimum Gasteiger partial charge on any atom is -0.385 e. The minimum absolute atomic E-state index is 0.543. The molecule has 0 saturated carbocycles. The molecule has 0 atom stereocenters. The number of aromatic nitrogens is 3. The van der Waals surface area contributed by atoms with Gasteiger partial charge in [-0.2, -0.15) is 5.10 Å². The Morgan fingerprint density at radius 3 is 2.89 bits per heavy atom. The van der Waals surface area contributed by atoms with E-state index in [1.807, 2.05) is 29.8 Å². The highest BCUT2D eigenvalue weighted by atomic mass is 16.5. The average molecular weight is 246 g/mol. The summed E-state index contributed by atoms with van der Waals surface area (Å²) in [7, 11) is 1.71. The van der Waals surface area contributed by atoms with Crippen LogP contribution in [-0.2, 0) is 11.3 Å². The van der Waals surface area contributed by atoms with Crippen LogP contribution in [0.15, 0.2) is 24.4 Å². The summed E-state index contributed by atoms with van der Waals surface area (Å²) in [6, 6.07) is 5.79. The molecule has 0 amide bonds.